The molecule has 7 atom stereocenters. The molecule has 0 aromatic carbocycles. The standard InChI is InChI=1S/C21H31NO3/c1-12-18-16(20(23)24-12)10-13-6-4-5-7-15(13)19(18)17-11-14-8-9-21(2,3)22(14)25-17/h10,12,14-19H,4-9,11H2,1-3H3/t12-,14?,15-,16-,17-,18-,19-/m0/s1. The zero-order chi connectivity index (χ0) is 17.3. The summed E-state index contributed by atoms with van der Waals surface area (Å²) in [4.78, 5) is 19.1. The summed E-state index contributed by atoms with van der Waals surface area (Å²) < 4.78 is 5.69. The zero-order valence-electron chi connectivity index (χ0n) is 15.7. The van der Waals surface area contributed by atoms with Crippen LogP contribution in [0.4, 0.5) is 0 Å². The van der Waals surface area contributed by atoms with Crippen LogP contribution in [0.15, 0.2) is 11.6 Å². The molecular weight excluding hydrogens is 314 g/mol. The van der Waals surface area contributed by atoms with Crippen LogP contribution in [0.2, 0.25) is 0 Å². The Morgan fingerprint density at radius 3 is 2.84 bits per heavy atom. The second-order valence-corrected chi connectivity index (χ2v) is 9.63. The van der Waals surface area contributed by atoms with Crippen LogP contribution in [0.5, 0.6) is 0 Å². The lowest BCUT2D eigenvalue weighted by Crippen LogP contribution is -2.45. The third-order valence-electron chi connectivity index (χ3n) is 7.74. The number of fused-ring (bicyclic) bond motifs is 3. The van der Waals surface area contributed by atoms with Crippen molar-refractivity contribution in [3.8, 4) is 0 Å². The highest BCUT2D eigenvalue weighted by Crippen LogP contribution is 2.54. The molecular formula is C21H31NO3. The van der Waals surface area contributed by atoms with Crippen LogP contribution in [0.3, 0.4) is 0 Å². The molecule has 3 heterocycles. The topological polar surface area (TPSA) is 38.8 Å². The summed E-state index contributed by atoms with van der Waals surface area (Å²) in [5.74, 6) is 1.30. The number of carbonyl (C=O) groups is 1. The van der Waals surface area contributed by atoms with Crippen molar-refractivity contribution in [1.82, 2.24) is 5.06 Å². The van der Waals surface area contributed by atoms with Crippen molar-refractivity contribution < 1.29 is 14.4 Å². The Labute approximate surface area is 150 Å². The van der Waals surface area contributed by atoms with Crippen molar-refractivity contribution in [2.45, 2.75) is 89.5 Å². The van der Waals surface area contributed by atoms with Gasteiger partial charge in [-0.15, -0.1) is 0 Å². The first kappa shape index (κ1) is 16.3. The molecule has 0 aromatic heterocycles. The van der Waals surface area contributed by atoms with Gasteiger partial charge in [0.25, 0.3) is 0 Å². The van der Waals surface area contributed by atoms with Crippen molar-refractivity contribution in [1.29, 1.82) is 0 Å². The summed E-state index contributed by atoms with van der Waals surface area (Å²) in [5.41, 5.74) is 1.67. The molecule has 0 radical (unpaired) electrons. The van der Waals surface area contributed by atoms with Crippen LogP contribution in [0.25, 0.3) is 0 Å². The van der Waals surface area contributed by atoms with Gasteiger partial charge in [0.2, 0.25) is 0 Å². The van der Waals surface area contributed by atoms with Gasteiger partial charge in [0.15, 0.2) is 0 Å². The van der Waals surface area contributed by atoms with Crippen LogP contribution in [0.1, 0.15) is 65.7 Å². The number of esters is 1. The van der Waals surface area contributed by atoms with Gasteiger partial charge < -0.3 is 4.74 Å². The van der Waals surface area contributed by atoms with Gasteiger partial charge in [-0.2, -0.15) is 5.06 Å². The fraction of sp³-hybridized carbons (Fsp3) is 0.857. The Kier molecular flexibility index (Phi) is 3.63. The molecule has 0 N–H and O–H groups in total. The smallest absolute Gasteiger partial charge is 0.313 e. The number of hydrogen-bond acceptors (Lipinski definition) is 4. The van der Waals surface area contributed by atoms with Gasteiger partial charge in [-0.1, -0.05) is 18.1 Å². The van der Waals surface area contributed by atoms with Gasteiger partial charge in [0, 0.05) is 23.4 Å². The van der Waals surface area contributed by atoms with E-state index in [0.717, 1.165) is 12.8 Å². The van der Waals surface area contributed by atoms with E-state index in [4.69, 9.17) is 9.57 Å². The Balaban J connectivity index is 1.48. The van der Waals surface area contributed by atoms with Crippen LogP contribution in [-0.4, -0.2) is 34.8 Å². The molecule has 4 heteroatoms. The number of ether oxygens (including phenoxy) is 1. The Bertz CT molecular complexity index is 612. The van der Waals surface area contributed by atoms with Gasteiger partial charge in [0.05, 0.1) is 12.0 Å². The lowest BCUT2D eigenvalue weighted by atomic mass is 9.60. The van der Waals surface area contributed by atoms with E-state index in [1.807, 2.05) is 0 Å². The first-order valence-corrected chi connectivity index (χ1v) is 10.3. The third kappa shape index (κ3) is 2.36. The highest BCUT2D eigenvalue weighted by atomic mass is 16.7. The normalized spacial score (nSPS) is 48.5. The van der Waals surface area contributed by atoms with E-state index in [2.05, 4.69) is 31.9 Å². The first-order valence-electron chi connectivity index (χ1n) is 10.3. The van der Waals surface area contributed by atoms with Gasteiger partial charge >= 0.3 is 5.97 Å². The van der Waals surface area contributed by atoms with E-state index in [1.165, 1.54) is 37.7 Å². The van der Waals surface area contributed by atoms with E-state index in [-0.39, 0.29) is 29.6 Å². The Hall–Kier alpha value is -0.870. The molecule has 0 spiro atoms. The second kappa shape index (κ2) is 5.56. The summed E-state index contributed by atoms with van der Waals surface area (Å²) in [6, 6.07) is 0.560. The van der Waals surface area contributed by atoms with E-state index in [0.29, 0.717) is 23.8 Å². The average molecular weight is 345 g/mol. The zero-order valence-corrected chi connectivity index (χ0v) is 15.7. The molecule has 138 valence electrons. The minimum absolute atomic E-state index is 0.00199. The fourth-order valence-electron chi connectivity index (χ4n) is 6.61. The molecule has 4 fully saturated rings. The fourth-order valence-corrected chi connectivity index (χ4v) is 6.61. The van der Waals surface area contributed by atoms with E-state index in [1.54, 1.807) is 0 Å². The van der Waals surface area contributed by atoms with E-state index >= 15 is 0 Å². The highest BCUT2D eigenvalue weighted by Gasteiger charge is 2.57. The summed E-state index contributed by atoms with van der Waals surface area (Å²) in [6.45, 7) is 6.70. The van der Waals surface area contributed by atoms with Crippen molar-refractivity contribution in [3.63, 3.8) is 0 Å². The number of rotatable bonds is 1. The molecule has 2 aliphatic carbocycles. The van der Waals surface area contributed by atoms with Crippen LogP contribution < -0.4 is 0 Å². The van der Waals surface area contributed by atoms with Crippen LogP contribution in [-0.2, 0) is 14.4 Å². The first-order chi connectivity index (χ1) is 12.0. The highest BCUT2D eigenvalue weighted by molar-refractivity contribution is 5.78. The Morgan fingerprint density at radius 2 is 2.04 bits per heavy atom. The molecule has 1 unspecified atom stereocenters. The van der Waals surface area contributed by atoms with Gasteiger partial charge in [-0.05, 0) is 65.2 Å². The minimum Gasteiger partial charge on any atom is -0.462 e. The molecule has 1 saturated carbocycles. The molecule has 3 aliphatic heterocycles. The predicted octanol–water partition coefficient (Wildman–Crippen LogP) is 3.86. The van der Waals surface area contributed by atoms with E-state index in [9.17, 15) is 4.79 Å². The monoisotopic (exact) mass is 345 g/mol. The molecule has 5 rings (SSSR count). The molecule has 0 aromatic rings. The molecule has 3 saturated heterocycles. The van der Waals surface area contributed by atoms with E-state index < -0.39 is 0 Å². The van der Waals surface area contributed by atoms with Crippen molar-refractivity contribution in [2.24, 2.45) is 23.7 Å². The predicted molar refractivity (Wildman–Crippen MR) is 94.5 cm³/mol. The maximum absolute atomic E-state index is 12.4. The SMILES string of the molecule is C[C@@H]1OC(=O)[C@H]2C=C3CCCC[C@@H]3[C@@H]([C@@H]3CC4CCC(C)(C)N4O3)[C@@H]12. The lowest BCUT2D eigenvalue weighted by molar-refractivity contribution is -0.217. The molecule has 4 nitrogen and oxygen atoms in total. The number of cyclic esters (lactones) is 1. The molecule has 25 heavy (non-hydrogen) atoms. The molecule has 0 bridgehead atoms. The summed E-state index contributed by atoms with van der Waals surface area (Å²) >= 11 is 0. The minimum atomic E-state index is -0.0311. The number of hydroxylamine groups is 2. The summed E-state index contributed by atoms with van der Waals surface area (Å²) in [5, 5.41) is 2.30. The second-order valence-electron chi connectivity index (χ2n) is 9.63. The number of carbonyl (C=O) groups excluding carboxylic acids is 1. The number of nitrogens with zero attached hydrogens (tertiary/aromatic N) is 1. The summed E-state index contributed by atoms with van der Waals surface area (Å²) in [6.07, 6.45) is 11.1. The van der Waals surface area contributed by atoms with Gasteiger partial charge in [0.1, 0.15) is 6.10 Å². The average Bonchev–Trinajstić information content (AvgIpc) is 3.21. The van der Waals surface area contributed by atoms with Crippen molar-refractivity contribution in [3.05, 3.63) is 11.6 Å². The third-order valence-corrected chi connectivity index (χ3v) is 7.74. The Morgan fingerprint density at radius 1 is 1.20 bits per heavy atom. The van der Waals surface area contributed by atoms with Gasteiger partial charge in [-0.25, -0.2) is 0 Å². The number of hydrogen-bond donors (Lipinski definition) is 0. The molecule has 5 aliphatic rings. The summed E-state index contributed by atoms with van der Waals surface area (Å²) in [7, 11) is 0. The maximum Gasteiger partial charge on any atom is 0.313 e. The van der Waals surface area contributed by atoms with Crippen LogP contribution in [0, 0.1) is 23.7 Å². The van der Waals surface area contributed by atoms with Crippen LogP contribution >= 0.6 is 0 Å². The quantitative estimate of drug-likeness (QED) is 0.534. The van der Waals surface area contributed by atoms with Crippen molar-refractivity contribution >= 4 is 5.97 Å². The molecule has 0 amide bonds. The van der Waals surface area contributed by atoms with Gasteiger partial charge in [-0.3, -0.25) is 9.63 Å². The largest absolute Gasteiger partial charge is 0.462 e. The number of allylic oxidation sites excluding steroid dienone is 1. The lowest BCUT2D eigenvalue weighted by Gasteiger charge is -2.44. The van der Waals surface area contributed by atoms with Crippen molar-refractivity contribution in [2.75, 3.05) is 0 Å². The maximum atomic E-state index is 12.4.